The fourth-order valence-corrected chi connectivity index (χ4v) is 2.52. The smallest absolute Gasteiger partial charge is 0.0455 e. The van der Waals surface area contributed by atoms with Gasteiger partial charge in [-0.1, -0.05) is 36.2 Å². The average Bonchev–Trinajstić information content (AvgIpc) is 2.22. The first-order chi connectivity index (χ1) is 7.20. The Kier molecular flexibility index (Phi) is 5.44. The zero-order valence-corrected chi connectivity index (χ0v) is 10.5. The van der Waals surface area contributed by atoms with Crippen molar-refractivity contribution in [2.75, 3.05) is 6.54 Å². The van der Waals surface area contributed by atoms with Gasteiger partial charge in [-0.25, -0.2) is 0 Å². The molecule has 15 heavy (non-hydrogen) atoms. The van der Waals surface area contributed by atoms with E-state index >= 15 is 0 Å². The van der Waals surface area contributed by atoms with Crippen LogP contribution in [0.3, 0.4) is 0 Å². The molecule has 0 spiro atoms. The lowest BCUT2D eigenvalue weighted by Crippen LogP contribution is -2.04. The maximum Gasteiger partial charge on any atom is 0.0455 e. The van der Waals surface area contributed by atoms with Gasteiger partial charge in [0.2, 0.25) is 0 Å². The van der Waals surface area contributed by atoms with Crippen LogP contribution in [0, 0.1) is 0 Å². The third kappa shape index (κ3) is 3.37. The van der Waals surface area contributed by atoms with Gasteiger partial charge in [0, 0.05) is 10.0 Å². The van der Waals surface area contributed by atoms with Crippen LogP contribution in [0.5, 0.6) is 0 Å². The van der Waals surface area contributed by atoms with Crippen molar-refractivity contribution in [3.63, 3.8) is 0 Å². The molecule has 1 unspecified atom stereocenters. The van der Waals surface area contributed by atoms with Crippen molar-refractivity contribution >= 4 is 23.2 Å². The van der Waals surface area contributed by atoms with Crippen LogP contribution in [-0.4, -0.2) is 6.54 Å². The molecule has 0 fully saturated rings. The molecule has 84 valence electrons. The van der Waals surface area contributed by atoms with E-state index in [0.29, 0.717) is 5.92 Å². The van der Waals surface area contributed by atoms with Crippen LogP contribution >= 0.6 is 23.2 Å². The molecule has 0 aliphatic rings. The number of hydrogen-bond acceptors (Lipinski definition) is 1. The van der Waals surface area contributed by atoms with E-state index in [4.69, 9.17) is 28.9 Å². The number of halogens is 2. The van der Waals surface area contributed by atoms with Gasteiger partial charge in [-0.3, -0.25) is 0 Å². The highest BCUT2D eigenvalue weighted by atomic mass is 35.5. The minimum absolute atomic E-state index is 0.426. The van der Waals surface area contributed by atoms with Gasteiger partial charge in [0.1, 0.15) is 0 Å². The summed E-state index contributed by atoms with van der Waals surface area (Å²) in [5.74, 6) is 0.426. The van der Waals surface area contributed by atoms with Gasteiger partial charge < -0.3 is 5.73 Å². The summed E-state index contributed by atoms with van der Waals surface area (Å²) in [5, 5.41) is 1.54. The molecular formula is C12H17Cl2N. The van der Waals surface area contributed by atoms with Crippen LogP contribution in [0.2, 0.25) is 10.0 Å². The quantitative estimate of drug-likeness (QED) is 0.826. The zero-order valence-electron chi connectivity index (χ0n) is 8.97. The molecule has 0 aliphatic carbocycles. The van der Waals surface area contributed by atoms with E-state index in [1.807, 2.05) is 18.2 Å². The summed E-state index contributed by atoms with van der Waals surface area (Å²) < 4.78 is 0. The Morgan fingerprint density at radius 3 is 2.33 bits per heavy atom. The van der Waals surface area contributed by atoms with Crippen molar-refractivity contribution in [2.24, 2.45) is 5.73 Å². The van der Waals surface area contributed by atoms with Crippen LogP contribution in [0.25, 0.3) is 0 Å². The Balaban J connectivity index is 2.90. The van der Waals surface area contributed by atoms with E-state index in [1.54, 1.807) is 0 Å². The maximum atomic E-state index is 6.17. The molecule has 0 aliphatic heterocycles. The molecule has 3 heteroatoms. The molecule has 2 N–H and O–H groups in total. The van der Waals surface area contributed by atoms with E-state index in [0.717, 1.165) is 41.4 Å². The lowest BCUT2D eigenvalue weighted by molar-refractivity contribution is 0.581. The van der Waals surface area contributed by atoms with Crippen LogP contribution in [0.15, 0.2) is 18.2 Å². The fourth-order valence-electron chi connectivity index (χ4n) is 1.82. The van der Waals surface area contributed by atoms with Gasteiger partial charge in [0.15, 0.2) is 0 Å². The Morgan fingerprint density at radius 2 is 1.87 bits per heavy atom. The Labute approximate surface area is 102 Å². The van der Waals surface area contributed by atoms with Gasteiger partial charge in [0.05, 0.1) is 0 Å². The third-order valence-corrected chi connectivity index (χ3v) is 3.32. The van der Waals surface area contributed by atoms with Gasteiger partial charge in [-0.2, -0.15) is 0 Å². The van der Waals surface area contributed by atoms with Crippen LogP contribution in [-0.2, 0) is 0 Å². The second-order valence-corrected chi connectivity index (χ2v) is 4.49. The van der Waals surface area contributed by atoms with Crippen molar-refractivity contribution in [1.82, 2.24) is 0 Å². The lowest BCUT2D eigenvalue weighted by atomic mass is 9.92. The first-order valence-electron chi connectivity index (χ1n) is 5.34. The number of benzene rings is 1. The highest BCUT2D eigenvalue weighted by Crippen LogP contribution is 2.35. The second-order valence-electron chi connectivity index (χ2n) is 3.67. The summed E-state index contributed by atoms with van der Waals surface area (Å²) in [6, 6.07) is 5.67. The average molecular weight is 246 g/mol. The minimum Gasteiger partial charge on any atom is -0.330 e. The van der Waals surface area contributed by atoms with Crippen molar-refractivity contribution in [2.45, 2.75) is 32.1 Å². The first-order valence-corrected chi connectivity index (χ1v) is 6.10. The molecule has 0 aromatic heterocycles. The number of hydrogen-bond donors (Lipinski definition) is 1. The van der Waals surface area contributed by atoms with Crippen LogP contribution in [0.1, 0.15) is 37.7 Å². The van der Waals surface area contributed by atoms with Gasteiger partial charge in [-0.15, -0.1) is 0 Å². The molecule has 0 radical (unpaired) electrons. The highest BCUT2D eigenvalue weighted by Gasteiger charge is 2.15. The molecule has 0 bridgehead atoms. The topological polar surface area (TPSA) is 26.0 Å². The molecule has 1 nitrogen and oxygen atoms in total. The largest absolute Gasteiger partial charge is 0.330 e. The maximum absolute atomic E-state index is 6.17. The Morgan fingerprint density at radius 1 is 1.27 bits per heavy atom. The minimum atomic E-state index is 0.426. The van der Waals surface area contributed by atoms with Crippen molar-refractivity contribution in [1.29, 1.82) is 0 Å². The molecule has 0 heterocycles. The third-order valence-electron chi connectivity index (χ3n) is 2.66. The fraction of sp³-hybridized carbons (Fsp3) is 0.500. The van der Waals surface area contributed by atoms with Crippen LogP contribution in [0.4, 0.5) is 0 Å². The molecular weight excluding hydrogens is 229 g/mol. The van der Waals surface area contributed by atoms with Crippen molar-refractivity contribution < 1.29 is 0 Å². The molecule has 1 rings (SSSR count). The van der Waals surface area contributed by atoms with Crippen molar-refractivity contribution in [3.05, 3.63) is 33.8 Å². The molecule has 0 amide bonds. The van der Waals surface area contributed by atoms with E-state index in [-0.39, 0.29) is 0 Å². The van der Waals surface area contributed by atoms with Gasteiger partial charge >= 0.3 is 0 Å². The molecule has 1 aromatic carbocycles. The molecule has 1 aromatic rings. The van der Waals surface area contributed by atoms with Crippen LogP contribution < -0.4 is 5.73 Å². The summed E-state index contributed by atoms with van der Waals surface area (Å²) in [4.78, 5) is 0. The van der Waals surface area contributed by atoms with Crippen molar-refractivity contribution in [3.8, 4) is 0 Å². The summed E-state index contributed by atoms with van der Waals surface area (Å²) >= 11 is 12.3. The van der Waals surface area contributed by atoms with E-state index in [2.05, 4.69) is 6.92 Å². The zero-order chi connectivity index (χ0) is 11.3. The summed E-state index contributed by atoms with van der Waals surface area (Å²) in [6.45, 7) is 2.87. The molecule has 0 saturated carbocycles. The predicted octanol–water partition coefficient (Wildman–Crippen LogP) is 4.23. The second kappa shape index (κ2) is 6.37. The van der Waals surface area contributed by atoms with E-state index in [9.17, 15) is 0 Å². The van der Waals surface area contributed by atoms with E-state index < -0.39 is 0 Å². The van der Waals surface area contributed by atoms with E-state index in [1.165, 1.54) is 0 Å². The molecule has 1 atom stereocenters. The normalized spacial score (nSPS) is 12.8. The number of rotatable bonds is 5. The summed E-state index contributed by atoms with van der Waals surface area (Å²) in [7, 11) is 0. The standard InChI is InChI=1S/C12H17Cl2N/c1-2-9(5-4-8-15)12-10(13)6-3-7-11(12)14/h3,6-7,9H,2,4-5,8,15H2,1H3. The summed E-state index contributed by atoms with van der Waals surface area (Å²) in [6.07, 6.45) is 3.11. The predicted molar refractivity (Wildman–Crippen MR) is 67.8 cm³/mol. The van der Waals surface area contributed by atoms with Gasteiger partial charge in [-0.05, 0) is 49.4 Å². The molecule has 0 saturated heterocycles. The van der Waals surface area contributed by atoms with Gasteiger partial charge in [0.25, 0.3) is 0 Å². The highest BCUT2D eigenvalue weighted by molar-refractivity contribution is 6.36. The monoisotopic (exact) mass is 245 g/mol. The lowest BCUT2D eigenvalue weighted by Gasteiger charge is -2.17. The Hall–Kier alpha value is -0.240. The first kappa shape index (κ1) is 12.8. The SMILES string of the molecule is CCC(CCCN)c1c(Cl)cccc1Cl. The number of nitrogens with two attached hydrogens (primary N) is 1. The summed E-state index contributed by atoms with van der Waals surface area (Å²) in [5.41, 5.74) is 6.60. The Bertz CT molecular complexity index is 292.